The molecule has 0 fully saturated rings. The third-order valence-electron chi connectivity index (χ3n) is 4.43. The molecule has 1 atom stereocenters. The van der Waals surface area contributed by atoms with Gasteiger partial charge in [0.05, 0.1) is 0 Å². The Morgan fingerprint density at radius 3 is 2.62 bits per heavy atom. The molecule has 5 heteroatoms. The van der Waals surface area contributed by atoms with Gasteiger partial charge in [-0.05, 0) is 29.2 Å². The van der Waals surface area contributed by atoms with Crippen LogP contribution in [-0.4, -0.2) is 17.4 Å². The molecule has 2 aromatic carbocycles. The van der Waals surface area contributed by atoms with Crippen LogP contribution in [-0.2, 0) is 4.79 Å². The maximum Gasteiger partial charge on any atom is 0.220 e. The van der Waals surface area contributed by atoms with E-state index in [1.165, 1.54) is 12.1 Å². The predicted molar refractivity (Wildman–Crippen MR) is 99.0 cm³/mol. The standard InChI is InChI=1S/C21H22F2N2O/c1-13(2)11-25-21(26)10-17(15-8-7-14(22)9-19(15)23)18-12-24-20-6-4-3-5-16(18)20/h3-9,12-13,17,24H,10-11H2,1-2H3,(H,25,26). The van der Waals surface area contributed by atoms with E-state index in [4.69, 9.17) is 0 Å². The number of hydrogen-bond acceptors (Lipinski definition) is 1. The number of nitrogens with one attached hydrogen (secondary N) is 2. The van der Waals surface area contributed by atoms with E-state index in [2.05, 4.69) is 10.3 Å². The first kappa shape index (κ1) is 18.1. The van der Waals surface area contributed by atoms with Gasteiger partial charge in [0.25, 0.3) is 0 Å². The summed E-state index contributed by atoms with van der Waals surface area (Å²) in [6, 6.07) is 11.2. The van der Waals surface area contributed by atoms with Gasteiger partial charge >= 0.3 is 0 Å². The van der Waals surface area contributed by atoms with Crippen molar-refractivity contribution in [3.05, 3.63) is 71.4 Å². The number of benzene rings is 2. The molecular weight excluding hydrogens is 334 g/mol. The van der Waals surface area contributed by atoms with Crippen LogP contribution < -0.4 is 5.32 Å². The van der Waals surface area contributed by atoms with E-state index in [-0.39, 0.29) is 12.3 Å². The van der Waals surface area contributed by atoms with Gasteiger partial charge in [-0.2, -0.15) is 0 Å². The zero-order valence-corrected chi connectivity index (χ0v) is 14.9. The van der Waals surface area contributed by atoms with Crippen LogP contribution in [0.15, 0.2) is 48.7 Å². The fourth-order valence-corrected chi connectivity index (χ4v) is 3.13. The second-order valence-electron chi connectivity index (χ2n) is 6.91. The highest BCUT2D eigenvalue weighted by Crippen LogP contribution is 2.34. The van der Waals surface area contributed by atoms with Crippen LogP contribution in [0.2, 0.25) is 0 Å². The van der Waals surface area contributed by atoms with E-state index in [1.54, 1.807) is 6.20 Å². The van der Waals surface area contributed by atoms with Gasteiger partial charge in [-0.1, -0.05) is 38.1 Å². The quantitative estimate of drug-likeness (QED) is 0.658. The van der Waals surface area contributed by atoms with Crippen LogP contribution in [0.1, 0.15) is 37.3 Å². The monoisotopic (exact) mass is 356 g/mol. The van der Waals surface area contributed by atoms with Crippen LogP contribution in [0.3, 0.4) is 0 Å². The van der Waals surface area contributed by atoms with Gasteiger partial charge in [0.15, 0.2) is 0 Å². The molecule has 0 radical (unpaired) electrons. The van der Waals surface area contributed by atoms with E-state index in [9.17, 15) is 13.6 Å². The first-order chi connectivity index (χ1) is 12.5. The average molecular weight is 356 g/mol. The van der Waals surface area contributed by atoms with Crippen molar-refractivity contribution in [3.63, 3.8) is 0 Å². The molecule has 3 nitrogen and oxygen atoms in total. The molecule has 26 heavy (non-hydrogen) atoms. The lowest BCUT2D eigenvalue weighted by atomic mass is 9.87. The number of carbonyl (C=O) groups is 1. The Balaban J connectivity index is 2.00. The molecule has 0 saturated heterocycles. The van der Waals surface area contributed by atoms with Crippen LogP contribution in [0.25, 0.3) is 10.9 Å². The number of aromatic nitrogens is 1. The summed E-state index contributed by atoms with van der Waals surface area (Å²) in [6.07, 6.45) is 1.89. The first-order valence-corrected chi connectivity index (χ1v) is 8.73. The van der Waals surface area contributed by atoms with E-state index in [0.717, 1.165) is 22.5 Å². The van der Waals surface area contributed by atoms with Gasteiger partial charge in [-0.3, -0.25) is 4.79 Å². The smallest absolute Gasteiger partial charge is 0.220 e. The Bertz CT molecular complexity index is 917. The van der Waals surface area contributed by atoms with Crippen molar-refractivity contribution in [2.24, 2.45) is 5.92 Å². The largest absolute Gasteiger partial charge is 0.361 e. The molecule has 136 valence electrons. The van der Waals surface area contributed by atoms with E-state index in [1.807, 2.05) is 38.1 Å². The van der Waals surface area contributed by atoms with Gasteiger partial charge in [0.1, 0.15) is 11.6 Å². The minimum absolute atomic E-state index is 0.0944. The van der Waals surface area contributed by atoms with Gasteiger partial charge < -0.3 is 10.3 Å². The summed E-state index contributed by atoms with van der Waals surface area (Å²) in [7, 11) is 0. The summed E-state index contributed by atoms with van der Waals surface area (Å²) in [5.74, 6) is -1.60. The zero-order chi connectivity index (χ0) is 18.7. The van der Waals surface area contributed by atoms with Gasteiger partial charge in [0.2, 0.25) is 5.91 Å². The summed E-state index contributed by atoms with van der Waals surface area (Å²) >= 11 is 0. The summed E-state index contributed by atoms with van der Waals surface area (Å²) in [5.41, 5.74) is 2.05. The number of para-hydroxylation sites is 1. The first-order valence-electron chi connectivity index (χ1n) is 8.73. The molecule has 1 unspecified atom stereocenters. The Morgan fingerprint density at radius 1 is 1.12 bits per heavy atom. The minimum Gasteiger partial charge on any atom is -0.361 e. The lowest BCUT2D eigenvalue weighted by Gasteiger charge is -2.18. The second kappa shape index (κ2) is 7.68. The summed E-state index contributed by atoms with van der Waals surface area (Å²) in [4.78, 5) is 15.6. The van der Waals surface area contributed by atoms with Crippen molar-refractivity contribution >= 4 is 16.8 Å². The van der Waals surface area contributed by atoms with Crippen LogP contribution in [0, 0.1) is 17.6 Å². The molecular formula is C21H22F2N2O. The molecule has 0 saturated carbocycles. The molecule has 2 N–H and O–H groups in total. The molecule has 3 rings (SSSR count). The summed E-state index contributed by atoms with van der Waals surface area (Å²) < 4.78 is 27.8. The highest BCUT2D eigenvalue weighted by molar-refractivity contribution is 5.86. The highest BCUT2D eigenvalue weighted by atomic mass is 19.1. The molecule has 1 heterocycles. The Hall–Kier alpha value is -2.69. The van der Waals surface area contributed by atoms with Crippen molar-refractivity contribution < 1.29 is 13.6 Å². The van der Waals surface area contributed by atoms with Crippen LogP contribution in [0.5, 0.6) is 0 Å². The molecule has 0 aliphatic rings. The van der Waals surface area contributed by atoms with Crippen molar-refractivity contribution in [1.82, 2.24) is 10.3 Å². The van der Waals surface area contributed by atoms with Crippen molar-refractivity contribution in [2.45, 2.75) is 26.2 Å². The fourth-order valence-electron chi connectivity index (χ4n) is 3.13. The maximum atomic E-state index is 14.5. The number of hydrogen-bond donors (Lipinski definition) is 2. The number of carbonyl (C=O) groups excluding carboxylic acids is 1. The second-order valence-corrected chi connectivity index (χ2v) is 6.91. The summed E-state index contributed by atoms with van der Waals surface area (Å²) in [6.45, 7) is 4.58. The van der Waals surface area contributed by atoms with E-state index < -0.39 is 17.6 Å². The SMILES string of the molecule is CC(C)CNC(=O)CC(c1ccc(F)cc1F)c1c[nH]c2ccccc12. The molecule has 0 aliphatic heterocycles. The van der Waals surface area contributed by atoms with Crippen LogP contribution in [0.4, 0.5) is 8.78 Å². The normalized spacial score (nSPS) is 12.5. The number of H-pyrrole nitrogens is 1. The average Bonchev–Trinajstić information content (AvgIpc) is 3.02. The zero-order valence-electron chi connectivity index (χ0n) is 14.9. The highest BCUT2D eigenvalue weighted by Gasteiger charge is 2.24. The number of fused-ring (bicyclic) bond motifs is 1. The lowest BCUT2D eigenvalue weighted by Crippen LogP contribution is -2.29. The Kier molecular flexibility index (Phi) is 5.35. The van der Waals surface area contributed by atoms with Gasteiger partial charge in [-0.25, -0.2) is 8.78 Å². The molecule has 1 amide bonds. The summed E-state index contributed by atoms with van der Waals surface area (Å²) in [5, 5.41) is 3.81. The van der Waals surface area contributed by atoms with E-state index >= 15 is 0 Å². The maximum absolute atomic E-state index is 14.5. The predicted octanol–water partition coefficient (Wildman–Crippen LogP) is 4.74. The fraction of sp³-hybridized carbons (Fsp3) is 0.286. The third kappa shape index (κ3) is 3.93. The van der Waals surface area contributed by atoms with Crippen LogP contribution >= 0.6 is 0 Å². The van der Waals surface area contributed by atoms with Crippen molar-refractivity contribution in [3.8, 4) is 0 Å². The number of rotatable bonds is 6. The topological polar surface area (TPSA) is 44.9 Å². The molecule has 1 aromatic heterocycles. The van der Waals surface area contributed by atoms with Gasteiger partial charge in [0, 0.05) is 42.0 Å². The number of aromatic amines is 1. The molecule has 0 bridgehead atoms. The molecule has 3 aromatic rings. The number of halogens is 2. The number of amides is 1. The Labute approximate surface area is 151 Å². The van der Waals surface area contributed by atoms with Gasteiger partial charge in [-0.15, -0.1) is 0 Å². The van der Waals surface area contributed by atoms with Crippen molar-refractivity contribution in [2.75, 3.05) is 6.54 Å². The lowest BCUT2D eigenvalue weighted by molar-refractivity contribution is -0.121. The molecule has 0 spiro atoms. The van der Waals surface area contributed by atoms with Crippen molar-refractivity contribution in [1.29, 1.82) is 0 Å². The van der Waals surface area contributed by atoms with E-state index in [0.29, 0.717) is 18.0 Å². The Morgan fingerprint density at radius 2 is 1.88 bits per heavy atom. The molecule has 0 aliphatic carbocycles. The third-order valence-corrected chi connectivity index (χ3v) is 4.43. The minimum atomic E-state index is -0.642.